The SMILES string of the molecule is N#Cc1cc(Cl)ccc1-c1cccc(OC(F)(F)F)c1. The van der Waals surface area contributed by atoms with E-state index < -0.39 is 6.36 Å². The lowest BCUT2D eigenvalue weighted by atomic mass is 10.0. The quantitative estimate of drug-likeness (QED) is 0.799. The van der Waals surface area contributed by atoms with Gasteiger partial charge in [-0.2, -0.15) is 5.26 Å². The molecule has 0 fully saturated rings. The molecule has 2 aromatic rings. The van der Waals surface area contributed by atoms with E-state index in [1.54, 1.807) is 18.2 Å². The molecule has 2 rings (SSSR count). The van der Waals surface area contributed by atoms with Crippen LogP contribution in [0.15, 0.2) is 42.5 Å². The van der Waals surface area contributed by atoms with Crippen molar-refractivity contribution in [1.29, 1.82) is 5.26 Å². The van der Waals surface area contributed by atoms with Crippen molar-refractivity contribution in [2.45, 2.75) is 6.36 Å². The summed E-state index contributed by atoms with van der Waals surface area (Å²) in [6, 6.07) is 12.0. The van der Waals surface area contributed by atoms with Crippen molar-refractivity contribution in [1.82, 2.24) is 0 Å². The zero-order valence-corrected chi connectivity index (χ0v) is 10.7. The fourth-order valence-corrected chi connectivity index (χ4v) is 1.89. The van der Waals surface area contributed by atoms with Gasteiger partial charge >= 0.3 is 6.36 Å². The molecule has 0 aliphatic rings. The van der Waals surface area contributed by atoms with Gasteiger partial charge in [-0.05, 0) is 35.4 Å². The minimum Gasteiger partial charge on any atom is -0.406 e. The molecule has 0 atom stereocenters. The molecule has 0 amide bonds. The van der Waals surface area contributed by atoms with Crippen LogP contribution in [0.4, 0.5) is 13.2 Å². The molecule has 0 saturated heterocycles. The van der Waals surface area contributed by atoms with Gasteiger partial charge < -0.3 is 4.74 Å². The largest absolute Gasteiger partial charge is 0.573 e. The Morgan fingerprint density at radius 3 is 2.50 bits per heavy atom. The van der Waals surface area contributed by atoms with Crippen LogP contribution in [0.1, 0.15) is 5.56 Å². The predicted molar refractivity (Wildman–Crippen MR) is 68.3 cm³/mol. The topological polar surface area (TPSA) is 33.0 Å². The third-order valence-electron chi connectivity index (χ3n) is 2.48. The molecule has 0 aliphatic heterocycles. The molecule has 0 bridgehead atoms. The van der Waals surface area contributed by atoms with E-state index in [9.17, 15) is 13.2 Å². The molecule has 20 heavy (non-hydrogen) atoms. The number of nitrogens with zero attached hydrogens (tertiary/aromatic N) is 1. The highest BCUT2D eigenvalue weighted by Crippen LogP contribution is 2.30. The zero-order chi connectivity index (χ0) is 14.8. The Kier molecular flexibility index (Phi) is 3.86. The molecular formula is C14H7ClF3NO. The maximum atomic E-state index is 12.2. The summed E-state index contributed by atoms with van der Waals surface area (Å²) in [6.45, 7) is 0. The first kappa shape index (κ1) is 14.2. The van der Waals surface area contributed by atoms with E-state index in [0.29, 0.717) is 16.1 Å². The van der Waals surface area contributed by atoms with Crippen molar-refractivity contribution in [2.75, 3.05) is 0 Å². The van der Waals surface area contributed by atoms with Gasteiger partial charge in [0.2, 0.25) is 0 Å². The summed E-state index contributed by atoms with van der Waals surface area (Å²) in [5.41, 5.74) is 1.21. The lowest BCUT2D eigenvalue weighted by Crippen LogP contribution is -2.17. The molecular weight excluding hydrogens is 291 g/mol. The van der Waals surface area contributed by atoms with Crippen LogP contribution in [-0.4, -0.2) is 6.36 Å². The van der Waals surface area contributed by atoms with Crippen LogP contribution in [0.25, 0.3) is 11.1 Å². The Bertz CT molecular complexity index is 677. The summed E-state index contributed by atoms with van der Waals surface area (Å²) in [7, 11) is 0. The summed E-state index contributed by atoms with van der Waals surface area (Å²) in [5.74, 6) is -0.339. The third kappa shape index (κ3) is 3.43. The second kappa shape index (κ2) is 5.43. The molecule has 0 heterocycles. The standard InChI is InChI=1S/C14H7ClF3NO/c15-11-4-5-13(10(6-11)8-19)9-2-1-3-12(7-9)20-14(16,17)18/h1-7H. The normalized spacial score (nSPS) is 10.9. The molecule has 2 aromatic carbocycles. The van der Waals surface area contributed by atoms with Crippen molar-refractivity contribution < 1.29 is 17.9 Å². The van der Waals surface area contributed by atoms with Gasteiger partial charge in [0.25, 0.3) is 0 Å². The Labute approximate surface area is 118 Å². The van der Waals surface area contributed by atoms with Gasteiger partial charge in [-0.25, -0.2) is 0 Å². The molecule has 0 spiro atoms. The van der Waals surface area contributed by atoms with Crippen molar-refractivity contribution in [3.05, 3.63) is 53.1 Å². The van der Waals surface area contributed by atoms with Crippen LogP contribution in [-0.2, 0) is 0 Å². The number of alkyl halides is 3. The Hall–Kier alpha value is -2.19. The first-order valence-electron chi connectivity index (χ1n) is 5.45. The van der Waals surface area contributed by atoms with Crippen molar-refractivity contribution in [3.63, 3.8) is 0 Å². The first-order chi connectivity index (χ1) is 9.39. The van der Waals surface area contributed by atoms with Crippen LogP contribution in [0.2, 0.25) is 5.02 Å². The van der Waals surface area contributed by atoms with Crippen LogP contribution in [0, 0.1) is 11.3 Å². The van der Waals surface area contributed by atoms with Gasteiger partial charge in [0.15, 0.2) is 0 Å². The van der Waals surface area contributed by atoms with Crippen molar-refractivity contribution in [2.24, 2.45) is 0 Å². The molecule has 0 saturated carbocycles. The molecule has 0 radical (unpaired) electrons. The number of hydrogen-bond donors (Lipinski definition) is 0. The number of hydrogen-bond acceptors (Lipinski definition) is 2. The minimum atomic E-state index is -4.75. The van der Waals surface area contributed by atoms with E-state index in [1.165, 1.54) is 24.3 Å². The summed E-state index contributed by atoms with van der Waals surface area (Å²) in [4.78, 5) is 0. The highest BCUT2D eigenvalue weighted by Gasteiger charge is 2.31. The monoisotopic (exact) mass is 297 g/mol. The molecule has 2 nitrogen and oxygen atoms in total. The van der Waals surface area contributed by atoms with Crippen molar-refractivity contribution >= 4 is 11.6 Å². The number of rotatable bonds is 2. The van der Waals surface area contributed by atoms with Gasteiger partial charge in [-0.1, -0.05) is 29.8 Å². The molecule has 0 aromatic heterocycles. The highest BCUT2D eigenvalue weighted by atomic mass is 35.5. The van der Waals surface area contributed by atoms with Crippen LogP contribution < -0.4 is 4.74 Å². The van der Waals surface area contributed by atoms with Gasteiger partial charge in [0.05, 0.1) is 11.6 Å². The third-order valence-corrected chi connectivity index (χ3v) is 2.72. The van der Waals surface area contributed by atoms with Gasteiger partial charge in [-0.15, -0.1) is 13.2 Å². The molecule has 0 N–H and O–H groups in total. The van der Waals surface area contributed by atoms with Crippen molar-refractivity contribution in [3.8, 4) is 22.9 Å². The Morgan fingerprint density at radius 1 is 1.10 bits per heavy atom. The lowest BCUT2D eigenvalue weighted by molar-refractivity contribution is -0.274. The molecule has 102 valence electrons. The second-order valence-electron chi connectivity index (χ2n) is 3.88. The van der Waals surface area contributed by atoms with E-state index in [2.05, 4.69) is 4.74 Å². The van der Waals surface area contributed by atoms with Gasteiger partial charge in [0.1, 0.15) is 5.75 Å². The minimum absolute atomic E-state index is 0.279. The second-order valence-corrected chi connectivity index (χ2v) is 4.31. The van der Waals surface area contributed by atoms with E-state index >= 15 is 0 Å². The summed E-state index contributed by atoms with van der Waals surface area (Å²) in [6.07, 6.45) is -4.75. The van der Waals surface area contributed by atoms with Crippen LogP contribution in [0.3, 0.4) is 0 Å². The Morgan fingerprint density at radius 2 is 1.85 bits per heavy atom. The summed E-state index contributed by atoms with van der Waals surface area (Å²) in [5, 5.41) is 9.42. The number of nitriles is 1. The van der Waals surface area contributed by atoms with E-state index in [0.717, 1.165) is 0 Å². The van der Waals surface area contributed by atoms with E-state index in [1.807, 2.05) is 6.07 Å². The molecule has 0 unspecified atom stereocenters. The highest BCUT2D eigenvalue weighted by molar-refractivity contribution is 6.30. The number of halogens is 4. The fraction of sp³-hybridized carbons (Fsp3) is 0.0714. The summed E-state index contributed by atoms with van der Waals surface area (Å²) < 4.78 is 40.4. The van der Waals surface area contributed by atoms with Gasteiger partial charge in [0, 0.05) is 5.02 Å². The zero-order valence-electron chi connectivity index (χ0n) is 9.91. The molecule has 6 heteroatoms. The number of ether oxygens (including phenoxy) is 1. The number of benzene rings is 2. The Balaban J connectivity index is 2.44. The van der Waals surface area contributed by atoms with Gasteiger partial charge in [-0.3, -0.25) is 0 Å². The maximum Gasteiger partial charge on any atom is 0.573 e. The smallest absolute Gasteiger partial charge is 0.406 e. The summed E-state index contributed by atoms with van der Waals surface area (Å²) >= 11 is 5.78. The first-order valence-corrected chi connectivity index (χ1v) is 5.83. The van der Waals surface area contributed by atoms with E-state index in [4.69, 9.17) is 16.9 Å². The lowest BCUT2D eigenvalue weighted by Gasteiger charge is -2.11. The van der Waals surface area contributed by atoms with Crippen LogP contribution >= 0.6 is 11.6 Å². The average Bonchev–Trinajstić information content (AvgIpc) is 2.36. The maximum absolute atomic E-state index is 12.2. The predicted octanol–water partition coefficient (Wildman–Crippen LogP) is 4.78. The molecule has 0 aliphatic carbocycles. The van der Waals surface area contributed by atoms with Crippen LogP contribution in [0.5, 0.6) is 5.75 Å². The van der Waals surface area contributed by atoms with E-state index in [-0.39, 0.29) is 11.3 Å². The average molecular weight is 298 g/mol. The fourth-order valence-electron chi connectivity index (χ4n) is 1.72.